The van der Waals surface area contributed by atoms with Crippen LogP contribution in [-0.2, 0) is 20.8 Å². The Morgan fingerprint density at radius 2 is 1.83 bits per heavy atom. The van der Waals surface area contributed by atoms with Gasteiger partial charge in [-0.15, -0.1) is 0 Å². The molecule has 0 N–H and O–H groups in total. The lowest BCUT2D eigenvalue weighted by atomic mass is 10.0. The molecule has 23 heavy (non-hydrogen) atoms. The zero-order chi connectivity index (χ0) is 16.7. The number of rotatable bonds is 8. The average molecular weight is 315 g/mol. The molecule has 2 rings (SSSR count). The summed E-state index contributed by atoms with van der Waals surface area (Å²) < 4.78 is 10.7. The van der Waals surface area contributed by atoms with Crippen molar-refractivity contribution in [2.24, 2.45) is 0 Å². The van der Waals surface area contributed by atoms with Gasteiger partial charge in [0, 0.05) is 13.2 Å². The minimum absolute atomic E-state index is 0.233. The largest absolute Gasteiger partial charge is 0.465 e. The average Bonchev–Trinajstić information content (AvgIpc) is 2.56. The fourth-order valence-electron chi connectivity index (χ4n) is 2.65. The minimum Gasteiger partial charge on any atom is -0.465 e. The topological polar surface area (TPSA) is 38.8 Å². The van der Waals surface area contributed by atoms with Crippen LogP contribution in [0.25, 0.3) is 10.8 Å². The summed E-state index contributed by atoms with van der Waals surface area (Å²) in [6.45, 7) is 5.71. The number of fused-ring (bicyclic) bond motifs is 1. The lowest BCUT2D eigenvalue weighted by molar-refractivity contribution is -0.151. The molecular formula is C19H25NO3. The van der Waals surface area contributed by atoms with Crippen molar-refractivity contribution in [2.45, 2.75) is 26.4 Å². The molecule has 0 radical (unpaired) electrons. The lowest BCUT2D eigenvalue weighted by Gasteiger charge is -2.26. The summed E-state index contributed by atoms with van der Waals surface area (Å²) in [5.41, 5.74) is 1.19. The summed E-state index contributed by atoms with van der Waals surface area (Å²) in [6, 6.07) is 14.1. The molecule has 0 saturated carbocycles. The number of esters is 1. The number of ether oxygens (including phenoxy) is 2. The number of likely N-dealkylation sites (N-methyl/N-ethyl adjacent to an activating group) is 1. The number of benzene rings is 2. The summed E-state index contributed by atoms with van der Waals surface area (Å²) in [4.78, 5) is 14.2. The monoisotopic (exact) mass is 315 g/mol. The predicted molar refractivity (Wildman–Crippen MR) is 92.3 cm³/mol. The summed E-state index contributed by atoms with van der Waals surface area (Å²) in [6.07, 6.45) is 0. The number of carbonyl (C=O) groups excluding carboxylic acids is 1. The maximum absolute atomic E-state index is 12.2. The van der Waals surface area contributed by atoms with Gasteiger partial charge in [0.05, 0.1) is 13.2 Å². The molecule has 0 bridgehead atoms. The second-order valence-electron chi connectivity index (χ2n) is 5.48. The predicted octanol–water partition coefficient (Wildman–Crippen LogP) is 3.24. The van der Waals surface area contributed by atoms with Crippen LogP contribution in [0.3, 0.4) is 0 Å². The van der Waals surface area contributed by atoms with Crippen LogP contribution >= 0.6 is 0 Å². The first-order chi connectivity index (χ1) is 11.2. The maximum atomic E-state index is 12.2. The summed E-state index contributed by atoms with van der Waals surface area (Å²) in [5, 5.41) is 2.41. The number of carbonyl (C=O) groups is 1. The van der Waals surface area contributed by atoms with E-state index < -0.39 is 6.04 Å². The third-order valence-corrected chi connectivity index (χ3v) is 3.87. The van der Waals surface area contributed by atoms with E-state index in [0.717, 1.165) is 0 Å². The van der Waals surface area contributed by atoms with Gasteiger partial charge in [-0.25, -0.2) is 0 Å². The molecule has 124 valence electrons. The minimum atomic E-state index is -0.395. The Kier molecular flexibility index (Phi) is 6.56. The van der Waals surface area contributed by atoms with E-state index in [0.29, 0.717) is 26.4 Å². The van der Waals surface area contributed by atoms with Crippen molar-refractivity contribution in [3.63, 3.8) is 0 Å². The third-order valence-electron chi connectivity index (χ3n) is 3.87. The Labute approximate surface area is 138 Å². The van der Waals surface area contributed by atoms with Gasteiger partial charge >= 0.3 is 5.97 Å². The molecule has 1 unspecified atom stereocenters. The molecule has 0 aliphatic rings. The smallest absolute Gasteiger partial charge is 0.325 e. The van der Waals surface area contributed by atoms with Gasteiger partial charge in [0.1, 0.15) is 6.04 Å². The van der Waals surface area contributed by atoms with Crippen LogP contribution in [0.1, 0.15) is 19.4 Å². The molecule has 0 aliphatic heterocycles. The summed E-state index contributed by atoms with van der Waals surface area (Å²) in [5.74, 6) is -0.233. The SMILES string of the molecule is CCOCC(C(=O)OCC)N(C)Cc1cccc2ccccc12. The van der Waals surface area contributed by atoms with Crippen LogP contribution in [-0.4, -0.2) is 43.8 Å². The third kappa shape index (κ3) is 4.53. The molecule has 1 atom stereocenters. The second-order valence-corrected chi connectivity index (χ2v) is 5.48. The molecule has 0 amide bonds. The number of nitrogens with zero attached hydrogens (tertiary/aromatic N) is 1. The van der Waals surface area contributed by atoms with Gasteiger partial charge in [0.15, 0.2) is 0 Å². The Balaban J connectivity index is 2.19. The fraction of sp³-hybridized carbons (Fsp3) is 0.421. The van der Waals surface area contributed by atoms with E-state index in [2.05, 4.69) is 24.3 Å². The Bertz CT molecular complexity index is 636. The number of hydrogen-bond acceptors (Lipinski definition) is 4. The second kappa shape index (κ2) is 8.65. The van der Waals surface area contributed by atoms with Gasteiger partial charge in [-0.05, 0) is 37.2 Å². The Morgan fingerprint density at radius 3 is 2.57 bits per heavy atom. The molecule has 4 heteroatoms. The van der Waals surface area contributed by atoms with E-state index in [1.807, 2.05) is 44.0 Å². The van der Waals surface area contributed by atoms with Gasteiger partial charge in [-0.1, -0.05) is 42.5 Å². The van der Waals surface area contributed by atoms with Crippen LogP contribution in [0.4, 0.5) is 0 Å². The van der Waals surface area contributed by atoms with Crippen molar-refractivity contribution in [1.29, 1.82) is 0 Å². The molecule has 0 heterocycles. The Hall–Kier alpha value is -1.91. The van der Waals surface area contributed by atoms with E-state index in [9.17, 15) is 4.79 Å². The molecule has 0 spiro atoms. The highest BCUT2D eigenvalue weighted by Gasteiger charge is 2.25. The lowest BCUT2D eigenvalue weighted by Crippen LogP contribution is -2.42. The zero-order valence-corrected chi connectivity index (χ0v) is 14.1. The van der Waals surface area contributed by atoms with Gasteiger partial charge in [-0.3, -0.25) is 9.69 Å². The van der Waals surface area contributed by atoms with Gasteiger partial charge < -0.3 is 9.47 Å². The molecule has 0 aliphatic carbocycles. The zero-order valence-electron chi connectivity index (χ0n) is 14.1. The van der Waals surface area contributed by atoms with Crippen molar-refractivity contribution in [2.75, 3.05) is 26.9 Å². The first kappa shape index (κ1) is 17.4. The van der Waals surface area contributed by atoms with E-state index >= 15 is 0 Å². The molecular weight excluding hydrogens is 290 g/mol. The molecule has 4 nitrogen and oxygen atoms in total. The van der Waals surface area contributed by atoms with Crippen LogP contribution in [0.5, 0.6) is 0 Å². The highest BCUT2D eigenvalue weighted by molar-refractivity contribution is 5.85. The van der Waals surface area contributed by atoms with Crippen molar-refractivity contribution in [1.82, 2.24) is 4.90 Å². The van der Waals surface area contributed by atoms with Crippen LogP contribution in [0.15, 0.2) is 42.5 Å². The van der Waals surface area contributed by atoms with Gasteiger partial charge in [-0.2, -0.15) is 0 Å². The Morgan fingerprint density at radius 1 is 1.09 bits per heavy atom. The summed E-state index contributed by atoms with van der Waals surface area (Å²) in [7, 11) is 1.93. The molecule has 2 aromatic carbocycles. The van der Waals surface area contributed by atoms with Crippen molar-refractivity contribution >= 4 is 16.7 Å². The molecule has 2 aromatic rings. The molecule has 0 aromatic heterocycles. The normalized spacial score (nSPS) is 12.5. The van der Waals surface area contributed by atoms with E-state index in [-0.39, 0.29) is 5.97 Å². The number of hydrogen-bond donors (Lipinski definition) is 0. The quantitative estimate of drug-likeness (QED) is 0.701. The first-order valence-electron chi connectivity index (χ1n) is 8.08. The fourth-order valence-corrected chi connectivity index (χ4v) is 2.65. The van der Waals surface area contributed by atoms with E-state index in [1.165, 1.54) is 16.3 Å². The maximum Gasteiger partial charge on any atom is 0.325 e. The van der Waals surface area contributed by atoms with E-state index in [1.54, 1.807) is 0 Å². The first-order valence-corrected chi connectivity index (χ1v) is 8.08. The standard InChI is InChI=1S/C19H25NO3/c1-4-22-14-18(19(21)23-5-2)20(3)13-16-11-8-10-15-9-6-7-12-17(15)16/h6-12,18H,4-5,13-14H2,1-3H3. The van der Waals surface area contributed by atoms with Crippen LogP contribution in [0.2, 0.25) is 0 Å². The summed E-state index contributed by atoms with van der Waals surface area (Å²) >= 11 is 0. The van der Waals surface area contributed by atoms with Crippen molar-refractivity contribution in [3.05, 3.63) is 48.0 Å². The van der Waals surface area contributed by atoms with Gasteiger partial charge in [0.2, 0.25) is 0 Å². The highest BCUT2D eigenvalue weighted by Crippen LogP contribution is 2.20. The van der Waals surface area contributed by atoms with Crippen molar-refractivity contribution in [3.8, 4) is 0 Å². The van der Waals surface area contributed by atoms with Crippen molar-refractivity contribution < 1.29 is 14.3 Å². The highest BCUT2D eigenvalue weighted by atomic mass is 16.5. The van der Waals surface area contributed by atoms with Crippen LogP contribution in [0, 0.1) is 0 Å². The molecule has 0 saturated heterocycles. The van der Waals surface area contributed by atoms with E-state index in [4.69, 9.17) is 9.47 Å². The molecule has 0 fully saturated rings. The van der Waals surface area contributed by atoms with Crippen LogP contribution < -0.4 is 0 Å². The van der Waals surface area contributed by atoms with Gasteiger partial charge in [0.25, 0.3) is 0 Å².